The molecule has 0 aliphatic heterocycles. The van der Waals surface area contributed by atoms with Crippen molar-refractivity contribution in [3.05, 3.63) is 38.0 Å². The van der Waals surface area contributed by atoms with Crippen LogP contribution >= 0.6 is 0 Å². The molecule has 7 nitrogen and oxygen atoms in total. The molecule has 0 saturated carbocycles. The van der Waals surface area contributed by atoms with E-state index in [0.29, 0.717) is 19.8 Å². The highest BCUT2D eigenvalue weighted by atomic mass is 16.5. The van der Waals surface area contributed by atoms with Crippen molar-refractivity contribution >= 4 is 11.8 Å². The Bertz CT molecular complexity index is 847. The lowest BCUT2D eigenvalue weighted by molar-refractivity contribution is -0.122. The molecule has 2 amide bonds. The smallest absolute Gasteiger partial charge is 0.243 e. The molecule has 0 aliphatic rings. The number of carbonyl (C=O) groups is 2. The van der Waals surface area contributed by atoms with Crippen LogP contribution < -0.4 is 10.6 Å². The first-order valence-electron chi connectivity index (χ1n) is 16.0. The third-order valence-corrected chi connectivity index (χ3v) is 9.09. The highest BCUT2D eigenvalue weighted by Gasteiger charge is 2.43. The minimum absolute atomic E-state index is 0.0808. The summed E-state index contributed by atoms with van der Waals surface area (Å²) < 4.78 is 19.5. The highest BCUT2D eigenvalue weighted by molar-refractivity contribution is 5.87. The maximum absolute atomic E-state index is 12.0. The molecule has 0 spiro atoms. The van der Waals surface area contributed by atoms with Gasteiger partial charge < -0.3 is 24.8 Å². The first kappa shape index (κ1) is 41.0. The molecule has 0 fully saturated rings. The second-order valence-corrected chi connectivity index (χ2v) is 14.8. The molecule has 0 rings (SSSR count). The van der Waals surface area contributed by atoms with Crippen molar-refractivity contribution in [2.75, 3.05) is 19.8 Å². The number of amides is 2. The summed E-state index contributed by atoms with van der Waals surface area (Å²) in [6.07, 6.45) is 8.85. The summed E-state index contributed by atoms with van der Waals surface area (Å²) in [5, 5.41) is 6.05. The number of rotatable bonds is 23. The Kier molecular flexibility index (Phi) is 16.7. The van der Waals surface area contributed by atoms with Gasteiger partial charge >= 0.3 is 0 Å². The molecular weight excluding hydrogens is 540 g/mol. The predicted octanol–water partition coefficient (Wildman–Crippen LogP) is 7.56. The molecular formula is C36H66N2O5. The van der Waals surface area contributed by atoms with E-state index in [0.717, 1.165) is 32.1 Å². The second kappa shape index (κ2) is 17.5. The topological polar surface area (TPSA) is 85.9 Å². The lowest BCUT2D eigenvalue weighted by Crippen LogP contribution is -2.50. The van der Waals surface area contributed by atoms with Gasteiger partial charge in [-0.2, -0.15) is 0 Å². The van der Waals surface area contributed by atoms with Gasteiger partial charge in [-0.3, -0.25) is 9.59 Å². The van der Waals surface area contributed by atoms with Crippen LogP contribution in [0.4, 0.5) is 0 Å². The van der Waals surface area contributed by atoms with E-state index >= 15 is 0 Å². The Hall–Kier alpha value is -1.96. The first-order valence-corrected chi connectivity index (χ1v) is 16.0. The molecule has 7 heteroatoms. The van der Waals surface area contributed by atoms with Crippen molar-refractivity contribution in [3.8, 4) is 0 Å². The summed E-state index contributed by atoms with van der Waals surface area (Å²) in [6.45, 7) is 37.8. The van der Waals surface area contributed by atoms with Crippen LogP contribution in [0.5, 0.6) is 0 Å². The van der Waals surface area contributed by atoms with Crippen LogP contribution in [0, 0.1) is 17.3 Å². The van der Waals surface area contributed by atoms with Gasteiger partial charge in [0, 0.05) is 22.9 Å². The molecule has 0 aliphatic carbocycles. The summed E-state index contributed by atoms with van der Waals surface area (Å²) in [5.74, 6) is -0.210. The maximum Gasteiger partial charge on any atom is 0.243 e. The molecule has 0 heterocycles. The van der Waals surface area contributed by atoms with Crippen LogP contribution in [-0.2, 0) is 23.8 Å². The Morgan fingerprint density at radius 3 is 1.44 bits per heavy atom. The summed E-state index contributed by atoms with van der Waals surface area (Å²) in [7, 11) is 0. The molecule has 0 aromatic carbocycles. The van der Waals surface area contributed by atoms with Crippen LogP contribution in [-0.4, -0.2) is 60.0 Å². The van der Waals surface area contributed by atoms with Crippen LogP contribution in [0.1, 0.15) is 115 Å². The molecule has 250 valence electrons. The summed E-state index contributed by atoms with van der Waals surface area (Å²) in [6, 6.07) is 0. The molecule has 43 heavy (non-hydrogen) atoms. The number of hydrogen-bond donors (Lipinski definition) is 2. The average molecular weight is 607 g/mol. The van der Waals surface area contributed by atoms with E-state index in [9.17, 15) is 9.59 Å². The normalized spacial score (nSPS) is 16.4. The number of carbonyl (C=O) groups excluding carboxylic acids is 2. The van der Waals surface area contributed by atoms with E-state index in [1.807, 2.05) is 27.7 Å². The summed E-state index contributed by atoms with van der Waals surface area (Å²) >= 11 is 0. The van der Waals surface area contributed by atoms with E-state index in [-0.39, 0.29) is 35.2 Å². The Balaban J connectivity index is 5.99. The van der Waals surface area contributed by atoms with Gasteiger partial charge in [0.15, 0.2) is 0 Å². The van der Waals surface area contributed by atoms with Crippen molar-refractivity contribution in [2.24, 2.45) is 17.3 Å². The molecule has 0 saturated heterocycles. The van der Waals surface area contributed by atoms with Crippen molar-refractivity contribution in [1.29, 1.82) is 0 Å². The number of hydrogen-bond acceptors (Lipinski definition) is 5. The second-order valence-electron chi connectivity index (χ2n) is 14.8. The van der Waals surface area contributed by atoms with E-state index in [2.05, 4.69) is 85.8 Å². The lowest BCUT2D eigenvalue weighted by atomic mass is 9.66. The van der Waals surface area contributed by atoms with Gasteiger partial charge in [0.25, 0.3) is 0 Å². The molecule has 0 aromatic rings. The fraction of sp³-hybridized carbons (Fsp3) is 0.778. The Morgan fingerprint density at radius 2 is 1.14 bits per heavy atom. The van der Waals surface area contributed by atoms with Gasteiger partial charge in [-0.25, -0.2) is 0 Å². The quantitative estimate of drug-likeness (QED) is 0.0926. The highest BCUT2D eigenvalue weighted by Crippen LogP contribution is 2.46. The van der Waals surface area contributed by atoms with E-state index in [4.69, 9.17) is 14.2 Å². The monoisotopic (exact) mass is 606 g/mol. The van der Waals surface area contributed by atoms with Crippen LogP contribution in [0.2, 0.25) is 0 Å². The fourth-order valence-electron chi connectivity index (χ4n) is 5.62. The zero-order valence-electron chi connectivity index (χ0n) is 29.8. The van der Waals surface area contributed by atoms with Gasteiger partial charge in [-0.15, -0.1) is 6.58 Å². The zero-order valence-corrected chi connectivity index (χ0v) is 29.8. The van der Waals surface area contributed by atoms with Gasteiger partial charge in [0.05, 0.1) is 37.1 Å². The molecule has 2 N–H and O–H groups in total. The van der Waals surface area contributed by atoms with E-state index < -0.39 is 22.3 Å². The third-order valence-electron chi connectivity index (χ3n) is 9.09. The van der Waals surface area contributed by atoms with Crippen LogP contribution in [0.3, 0.4) is 0 Å². The molecule has 3 unspecified atom stereocenters. The lowest BCUT2D eigenvalue weighted by Gasteiger charge is -2.46. The van der Waals surface area contributed by atoms with Gasteiger partial charge in [-0.1, -0.05) is 53.3 Å². The molecule has 0 radical (unpaired) electrons. The van der Waals surface area contributed by atoms with Crippen molar-refractivity contribution in [1.82, 2.24) is 10.6 Å². The average Bonchev–Trinajstić information content (AvgIpc) is 2.91. The maximum atomic E-state index is 12.0. The van der Waals surface area contributed by atoms with E-state index in [1.54, 1.807) is 6.08 Å². The molecule has 0 aromatic heterocycles. The van der Waals surface area contributed by atoms with Crippen molar-refractivity contribution in [3.63, 3.8) is 0 Å². The third kappa shape index (κ3) is 15.1. The minimum atomic E-state index is -0.444. The fourth-order valence-corrected chi connectivity index (χ4v) is 5.62. The minimum Gasteiger partial charge on any atom is -0.375 e. The SMILES string of the molecule is C=CCOC(CC)CC(CC)(CC(C)(C)OCC(C)C(C)(C)NC(=O)C=C)CC(C)(C)OCC(C)C(C)(C)NC(=O)C=C. The Morgan fingerprint density at radius 1 is 0.744 bits per heavy atom. The number of nitrogens with one attached hydrogen (secondary N) is 2. The molecule has 0 bridgehead atoms. The van der Waals surface area contributed by atoms with Crippen molar-refractivity contribution < 1.29 is 23.8 Å². The van der Waals surface area contributed by atoms with Crippen LogP contribution in [0.25, 0.3) is 0 Å². The predicted molar refractivity (Wildman–Crippen MR) is 180 cm³/mol. The summed E-state index contributed by atoms with van der Waals surface area (Å²) in [4.78, 5) is 24.0. The standard InChI is InChI=1S/C36H66N2O5/c1-16-21-41-29(17-2)22-36(20-5,25-32(8,9)42-23-27(6)34(12,13)37-30(39)18-3)26-33(10,11)43-24-28(7)35(14,15)38-31(40)19-4/h16,18-19,27-29H,1,3-4,17,20-26H2,2,5-15H3,(H,37,39)(H,38,40). The summed E-state index contributed by atoms with van der Waals surface area (Å²) in [5.41, 5.74) is -1.87. The van der Waals surface area contributed by atoms with Gasteiger partial charge in [0.2, 0.25) is 11.8 Å². The first-order chi connectivity index (χ1) is 19.6. The number of ether oxygens (including phenoxy) is 3. The van der Waals surface area contributed by atoms with Crippen molar-refractivity contribution in [2.45, 2.75) is 144 Å². The van der Waals surface area contributed by atoms with Gasteiger partial charge in [0.1, 0.15) is 0 Å². The van der Waals surface area contributed by atoms with E-state index in [1.165, 1.54) is 12.2 Å². The largest absolute Gasteiger partial charge is 0.375 e. The van der Waals surface area contributed by atoms with Crippen LogP contribution in [0.15, 0.2) is 38.0 Å². The molecule has 3 atom stereocenters. The zero-order chi connectivity index (χ0) is 33.7. The van der Waals surface area contributed by atoms with Gasteiger partial charge in [-0.05, 0) is 98.6 Å². The Labute approximate surface area is 264 Å².